The van der Waals surface area contributed by atoms with E-state index < -0.39 is 0 Å². The molecule has 19 heavy (non-hydrogen) atoms. The van der Waals surface area contributed by atoms with Crippen molar-refractivity contribution in [3.8, 4) is 0 Å². The van der Waals surface area contributed by atoms with Gasteiger partial charge in [-0.3, -0.25) is 9.89 Å². The van der Waals surface area contributed by atoms with Crippen molar-refractivity contribution in [2.45, 2.75) is 11.4 Å². The van der Waals surface area contributed by atoms with Crippen LogP contribution in [0.5, 0.6) is 0 Å². The average Bonchev–Trinajstić information content (AvgIpc) is 2.90. The molecule has 100 valence electrons. The number of halogens is 1. The summed E-state index contributed by atoms with van der Waals surface area (Å²) in [5.74, 6) is 0.641. The van der Waals surface area contributed by atoms with E-state index in [1.54, 1.807) is 24.1 Å². The number of carbonyl (C=O) groups excluding carboxylic acids is 1. The molecule has 0 spiro atoms. The molecule has 2 rings (SSSR count). The van der Waals surface area contributed by atoms with E-state index in [1.807, 2.05) is 0 Å². The van der Waals surface area contributed by atoms with E-state index in [4.69, 9.17) is 0 Å². The molecule has 0 fully saturated rings. The molecule has 0 bridgehead atoms. The van der Waals surface area contributed by atoms with Gasteiger partial charge >= 0.3 is 0 Å². The molecule has 0 aliphatic heterocycles. The number of hydrogen-bond acceptors (Lipinski definition) is 4. The molecule has 0 aliphatic rings. The largest absolute Gasteiger partial charge is 0.338 e. The van der Waals surface area contributed by atoms with E-state index in [-0.39, 0.29) is 11.7 Å². The number of aromatic nitrogens is 3. The Hall–Kier alpha value is -1.89. The van der Waals surface area contributed by atoms with Gasteiger partial charge in [-0.05, 0) is 24.3 Å². The summed E-state index contributed by atoms with van der Waals surface area (Å²) >= 11 is 1.37. The normalized spacial score (nSPS) is 10.4. The minimum absolute atomic E-state index is 0.0225. The van der Waals surface area contributed by atoms with Gasteiger partial charge in [0.15, 0.2) is 0 Å². The monoisotopic (exact) mass is 280 g/mol. The van der Waals surface area contributed by atoms with Gasteiger partial charge in [-0.15, -0.1) is 11.8 Å². The Bertz CT molecular complexity index is 529. The smallest absolute Gasteiger partial charge is 0.233 e. The maximum Gasteiger partial charge on any atom is 0.233 e. The van der Waals surface area contributed by atoms with Gasteiger partial charge in [-0.2, -0.15) is 5.10 Å². The first kappa shape index (κ1) is 13.5. The van der Waals surface area contributed by atoms with Gasteiger partial charge in [0.2, 0.25) is 5.91 Å². The van der Waals surface area contributed by atoms with Crippen LogP contribution in [-0.2, 0) is 11.3 Å². The summed E-state index contributed by atoms with van der Waals surface area (Å²) < 4.78 is 12.7. The molecule has 2 aromatic rings. The van der Waals surface area contributed by atoms with Crippen LogP contribution in [0.3, 0.4) is 0 Å². The summed E-state index contributed by atoms with van der Waals surface area (Å²) in [6.07, 6.45) is 1.40. The minimum Gasteiger partial charge on any atom is -0.338 e. The maximum absolute atomic E-state index is 12.7. The number of hydrogen-bond donors (Lipinski definition) is 1. The van der Waals surface area contributed by atoms with Gasteiger partial charge < -0.3 is 4.90 Å². The van der Waals surface area contributed by atoms with Crippen LogP contribution >= 0.6 is 11.8 Å². The second-order valence-corrected chi connectivity index (χ2v) is 4.97. The summed E-state index contributed by atoms with van der Waals surface area (Å²) in [5.41, 5.74) is 0. The number of benzene rings is 1. The maximum atomic E-state index is 12.7. The van der Waals surface area contributed by atoms with Gasteiger partial charge in [0.25, 0.3) is 0 Å². The minimum atomic E-state index is -0.280. The van der Waals surface area contributed by atoms with Crippen molar-refractivity contribution in [1.29, 1.82) is 0 Å². The lowest BCUT2D eigenvalue weighted by atomic mass is 10.4. The van der Waals surface area contributed by atoms with Crippen molar-refractivity contribution >= 4 is 17.7 Å². The number of amides is 1. The predicted octanol–water partition coefficient (Wildman–Crippen LogP) is 1.69. The molecule has 5 nitrogen and oxygen atoms in total. The van der Waals surface area contributed by atoms with Crippen LogP contribution in [0.15, 0.2) is 35.5 Å². The van der Waals surface area contributed by atoms with Crippen molar-refractivity contribution in [2.75, 3.05) is 12.8 Å². The zero-order valence-corrected chi connectivity index (χ0v) is 11.2. The Morgan fingerprint density at radius 2 is 2.16 bits per heavy atom. The third kappa shape index (κ3) is 4.06. The summed E-state index contributed by atoms with van der Waals surface area (Å²) in [5, 5.41) is 6.42. The molecule has 0 unspecified atom stereocenters. The average molecular weight is 280 g/mol. The highest BCUT2D eigenvalue weighted by Gasteiger charge is 2.11. The molecule has 1 aromatic heterocycles. The van der Waals surface area contributed by atoms with E-state index in [0.29, 0.717) is 18.1 Å². The van der Waals surface area contributed by atoms with E-state index in [1.165, 1.54) is 30.2 Å². The SMILES string of the molecule is CN(Cc1ncn[nH]1)C(=O)CSc1ccc(F)cc1. The summed E-state index contributed by atoms with van der Waals surface area (Å²) in [4.78, 5) is 18.3. The van der Waals surface area contributed by atoms with Crippen LogP contribution < -0.4 is 0 Å². The van der Waals surface area contributed by atoms with Crippen LogP contribution in [0, 0.1) is 5.82 Å². The van der Waals surface area contributed by atoms with Crippen LogP contribution in [0.1, 0.15) is 5.82 Å². The predicted molar refractivity (Wildman–Crippen MR) is 70.0 cm³/mol. The van der Waals surface area contributed by atoms with Crippen molar-refractivity contribution in [2.24, 2.45) is 0 Å². The second-order valence-electron chi connectivity index (χ2n) is 3.92. The Morgan fingerprint density at radius 3 is 2.79 bits per heavy atom. The number of aromatic amines is 1. The number of nitrogens with one attached hydrogen (secondary N) is 1. The van der Waals surface area contributed by atoms with Crippen molar-refractivity contribution in [3.63, 3.8) is 0 Å². The molecule has 1 aromatic carbocycles. The van der Waals surface area contributed by atoms with E-state index in [0.717, 1.165) is 4.90 Å². The standard InChI is InChI=1S/C12H13FN4OS/c1-17(6-11-14-8-15-16-11)12(18)7-19-10-4-2-9(13)3-5-10/h2-5,8H,6-7H2,1H3,(H,14,15,16). The summed E-state index contributed by atoms with van der Waals surface area (Å²) in [7, 11) is 1.70. The first-order chi connectivity index (χ1) is 9.15. The Labute approximate surface area is 114 Å². The number of thioether (sulfide) groups is 1. The Kier molecular flexibility index (Phi) is 4.51. The number of H-pyrrole nitrogens is 1. The highest BCUT2D eigenvalue weighted by Crippen LogP contribution is 2.18. The number of nitrogens with zero attached hydrogens (tertiary/aromatic N) is 3. The first-order valence-electron chi connectivity index (χ1n) is 5.62. The second kappa shape index (κ2) is 6.33. The fourth-order valence-corrected chi connectivity index (χ4v) is 2.24. The summed E-state index contributed by atoms with van der Waals surface area (Å²) in [6, 6.07) is 6.07. The lowest BCUT2D eigenvalue weighted by Gasteiger charge is -2.15. The zero-order chi connectivity index (χ0) is 13.7. The quantitative estimate of drug-likeness (QED) is 0.847. The van der Waals surface area contributed by atoms with Crippen LogP contribution in [0.4, 0.5) is 4.39 Å². The molecule has 1 N–H and O–H groups in total. The van der Waals surface area contributed by atoms with Gasteiger partial charge in [-0.1, -0.05) is 0 Å². The van der Waals surface area contributed by atoms with Crippen molar-refractivity contribution < 1.29 is 9.18 Å². The third-order valence-corrected chi connectivity index (χ3v) is 3.45. The highest BCUT2D eigenvalue weighted by atomic mass is 32.2. The van der Waals surface area contributed by atoms with E-state index in [2.05, 4.69) is 15.2 Å². The number of rotatable bonds is 5. The molecule has 1 amide bonds. The fourth-order valence-electron chi connectivity index (χ4n) is 1.41. The molecule has 0 aliphatic carbocycles. The number of carbonyl (C=O) groups is 1. The van der Waals surface area contributed by atoms with E-state index >= 15 is 0 Å². The van der Waals surface area contributed by atoms with Gasteiger partial charge in [-0.25, -0.2) is 9.37 Å². The van der Waals surface area contributed by atoms with Crippen LogP contribution in [-0.4, -0.2) is 38.8 Å². The molecule has 0 atom stereocenters. The molecule has 0 radical (unpaired) electrons. The van der Waals surface area contributed by atoms with Gasteiger partial charge in [0, 0.05) is 11.9 Å². The lowest BCUT2D eigenvalue weighted by molar-refractivity contribution is -0.127. The summed E-state index contributed by atoms with van der Waals surface area (Å²) in [6.45, 7) is 0.392. The lowest BCUT2D eigenvalue weighted by Crippen LogP contribution is -2.28. The first-order valence-corrected chi connectivity index (χ1v) is 6.60. The molecule has 0 saturated carbocycles. The highest BCUT2D eigenvalue weighted by molar-refractivity contribution is 8.00. The molecular weight excluding hydrogens is 267 g/mol. The van der Waals surface area contributed by atoms with Crippen LogP contribution in [0.2, 0.25) is 0 Å². The topological polar surface area (TPSA) is 61.9 Å². The van der Waals surface area contributed by atoms with Gasteiger partial charge in [0.05, 0.1) is 12.3 Å². The zero-order valence-electron chi connectivity index (χ0n) is 10.3. The van der Waals surface area contributed by atoms with E-state index in [9.17, 15) is 9.18 Å². The van der Waals surface area contributed by atoms with Crippen molar-refractivity contribution in [1.82, 2.24) is 20.1 Å². The molecular formula is C12H13FN4OS. The molecule has 7 heteroatoms. The fraction of sp³-hybridized carbons (Fsp3) is 0.250. The molecule has 1 heterocycles. The Morgan fingerprint density at radius 1 is 1.42 bits per heavy atom. The Balaban J connectivity index is 1.82. The van der Waals surface area contributed by atoms with Crippen LogP contribution in [0.25, 0.3) is 0 Å². The molecule has 0 saturated heterocycles. The van der Waals surface area contributed by atoms with Crippen molar-refractivity contribution in [3.05, 3.63) is 42.2 Å². The van der Waals surface area contributed by atoms with Gasteiger partial charge in [0.1, 0.15) is 18.0 Å². The third-order valence-electron chi connectivity index (χ3n) is 2.45.